The molecule has 0 saturated carbocycles. The highest BCUT2D eigenvalue weighted by Crippen LogP contribution is 2.56. The lowest BCUT2D eigenvalue weighted by Crippen LogP contribution is -1.92. The summed E-state index contributed by atoms with van der Waals surface area (Å²) >= 11 is 14.3. The number of thiophene rings is 2. The van der Waals surface area contributed by atoms with E-state index in [9.17, 15) is 0 Å². The van der Waals surface area contributed by atoms with Crippen LogP contribution in [-0.2, 0) is 0 Å². The molecule has 0 aromatic carbocycles. The maximum atomic E-state index is 2.30. The topological polar surface area (TPSA) is 0 Å². The van der Waals surface area contributed by atoms with Gasteiger partial charge in [0.1, 0.15) is 0 Å². The lowest BCUT2D eigenvalue weighted by molar-refractivity contribution is 1.23. The summed E-state index contributed by atoms with van der Waals surface area (Å²) in [6.45, 7) is 4.59. The van der Waals surface area contributed by atoms with E-state index in [-0.39, 0.29) is 0 Å². The lowest BCUT2D eigenvalue weighted by atomic mass is 10.3. The maximum Gasteiger partial charge on any atom is 0.0605 e. The highest BCUT2D eigenvalue weighted by atomic mass is 32.2. The van der Waals surface area contributed by atoms with Crippen molar-refractivity contribution in [2.45, 2.75) is 33.4 Å². The SMILES string of the molecule is Cc1sc(-c2sc(C)c3c2SCSCS3)c2c1SCCS2. The average Bonchev–Trinajstić information content (AvgIpc) is 2.86. The van der Waals surface area contributed by atoms with Crippen molar-refractivity contribution in [3.8, 4) is 9.75 Å². The van der Waals surface area contributed by atoms with Crippen LogP contribution in [0.25, 0.3) is 9.75 Å². The molecule has 0 atom stereocenters. The predicted octanol–water partition coefficient (Wildman–Crippen LogP) is 7.14. The van der Waals surface area contributed by atoms with E-state index in [1.54, 1.807) is 29.3 Å². The minimum absolute atomic E-state index is 1.19. The van der Waals surface area contributed by atoms with Gasteiger partial charge in [-0.05, 0) is 13.8 Å². The fraction of sp³-hybridized carbons (Fsp3) is 0.429. The highest BCUT2D eigenvalue weighted by molar-refractivity contribution is 8.24. The van der Waals surface area contributed by atoms with Crippen LogP contribution in [0.5, 0.6) is 0 Å². The Morgan fingerprint density at radius 3 is 1.76 bits per heavy atom. The number of aryl methyl sites for hydroxylation is 2. The number of hydrogen-bond acceptors (Lipinski definition) is 7. The summed E-state index contributed by atoms with van der Waals surface area (Å²) in [4.78, 5) is 12.4. The minimum atomic E-state index is 1.19. The van der Waals surface area contributed by atoms with Crippen molar-refractivity contribution in [3.63, 3.8) is 0 Å². The van der Waals surface area contributed by atoms with Crippen LogP contribution in [0.2, 0.25) is 0 Å². The van der Waals surface area contributed by atoms with Crippen LogP contribution < -0.4 is 0 Å². The molecule has 0 saturated heterocycles. The molecule has 4 rings (SSSR count). The van der Waals surface area contributed by atoms with Gasteiger partial charge in [-0.2, -0.15) is 0 Å². The Balaban J connectivity index is 1.88. The first-order valence-electron chi connectivity index (χ1n) is 6.62. The van der Waals surface area contributed by atoms with E-state index in [1.165, 1.54) is 31.4 Å². The second-order valence-electron chi connectivity index (χ2n) is 4.72. The van der Waals surface area contributed by atoms with E-state index in [2.05, 4.69) is 49.1 Å². The first kappa shape index (κ1) is 15.7. The van der Waals surface area contributed by atoms with Crippen LogP contribution in [0.4, 0.5) is 0 Å². The average molecular weight is 407 g/mol. The maximum absolute atomic E-state index is 2.30. The summed E-state index contributed by atoms with van der Waals surface area (Å²) in [5.41, 5.74) is 0. The van der Waals surface area contributed by atoms with Gasteiger partial charge in [0.15, 0.2) is 0 Å². The van der Waals surface area contributed by atoms with E-state index >= 15 is 0 Å². The molecule has 2 aliphatic rings. The van der Waals surface area contributed by atoms with Gasteiger partial charge in [0, 0.05) is 51.0 Å². The standard InChI is InChI=1S/C14H14S7/c1-7-9-11(17-4-3-16-9)13(20-7)14-12-10(8(2)21-14)18-5-15-6-19-12/h3-6H2,1-2H3. The molecule has 4 heterocycles. The molecule has 0 amide bonds. The quantitative estimate of drug-likeness (QED) is 0.492. The van der Waals surface area contributed by atoms with Crippen molar-refractivity contribution in [3.05, 3.63) is 9.75 Å². The lowest BCUT2D eigenvalue weighted by Gasteiger charge is -2.12. The van der Waals surface area contributed by atoms with Crippen LogP contribution in [0, 0.1) is 13.8 Å². The van der Waals surface area contributed by atoms with Gasteiger partial charge in [-0.25, -0.2) is 0 Å². The Kier molecular flexibility index (Phi) is 4.90. The highest BCUT2D eigenvalue weighted by Gasteiger charge is 2.27. The van der Waals surface area contributed by atoms with Crippen molar-refractivity contribution in [1.29, 1.82) is 0 Å². The van der Waals surface area contributed by atoms with E-state index in [1.807, 2.05) is 46.2 Å². The summed E-state index contributed by atoms with van der Waals surface area (Å²) in [6.07, 6.45) is 0. The van der Waals surface area contributed by atoms with Crippen molar-refractivity contribution >= 4 is 81.5 Å². The third-order valence-electron chi connectivity index (χ3n) is 3.33. The Morgan fingerprint density at radius 1 is 0.619 bits per heavy atom. The van der Waals surface area contributed by atoms with Gasteiger partial charge in [-0.1, -0.05) is 0 Å². The summed E-state index contributed by atoms with van der Waals surface area (Å²) in [7, 11) is 0. The molecular weight excluding hydrogens is 393 g/mol. The van der Waals surface area contributed by atoms with E-state index in [0.717, 1.165) is 0 Å². The Bertz CT molecular complexity index is 682. The first-order valence-corrected chi connectivity index (χ1v) is 13.3. The smallest absolute Gasteiger partial charge is 0.0605 e. The summed E-state index contributed by atoms with van der Waals surface area (Å²) < 4.78 is 0. The van der Waals surface area contributed by atoms with Gasteiger partial charge in [0.05, 0.1) is 9.75 Å². The van der Waals surface area contributed by atoms with Crippen molar-refractivity contribution in [2.75, 3.05) is 21.7 Å². The van der Waals surface area contributed by atoms with E-state index in [4.69, 9.17) is 0 Å². The summed E-state index contributed by atoms with van der Waals surface area (Å²) in [6, 6.07) is 0. The predicted molar refractivity (Wildman–Crippen MR) is 108 cm³/mol. The van der Waals surface area contributed by atoms with Gasteiger partial charge in [-0.3, -0.25) is 0 Å². The third kappa shape index (κ3) is 2.85. The normalized spacial score (nSPS) is 18.2. The van der Waals surface area contributed by atoms with E-state index < -0.39 is 0 Å². The van der Waals surface area contributed by atoms with Crippen LogP contribution in [0.1, 0.15) is 9.75 Å². The van der Waals surface area contributed by atoms with Gasteiger partial charge in [0.2, 0.25) is 0 Å². The van der Waals surface area contributed by atoms with Gasteiger partial charge in [0.25, 0.3) is 0 Å². The number of rotatable bonds is 1. The van der Waals surface area contributed by atoms with Gasteiger partial charge >= 0.3 is 0 Å². The molecular formula is C14H14S7. The molecule has 0 spiro atoms. The number of hydrogen-bond donors (Lipinski definition) is 0. The van der Waals surface area contributed by atoms with E-state index in [0.29, 0.717) is 0 Å². The Morgan fingerprint density at radius 2 is 1.10 bits per heavy atom. The van der Waals surface area contributed by atoms with Crippen LogP contribution in [0.15, 0.2) is 19.6 Å². The number of fused-ring (bicyclic) bond motifs is 2. The molecule has 0 unspecified atom stereocenters. The molecule has 0 bridgehead atoms. The zero-order chi connectivity index (χ0) is 14.4. The molecule has 7 heteroatoms. The Labute approximate surface area is 155 Å². The molecule has 2 aliphatic heterocycles. The second-order valence-corrected chi connectivity index (χ2v) is 13.1. The first-order chi connectivity index (χ1) is 10.3. The zero-order valence-corrected chi connectivity index (χ0v) is 17.4. The van der Waals surface area contributed by atoms with Crippen molar-refractivity contribution in [1.82, 2.24) is 0 Å². The second kappa shape index (κ2) is 6.57. The Hall–Kier alpha value is 1.15. The number of thioether (sulfide) groups is 5. The largest absolute Gasteiger partial charge is 0.139 e. The molecule has 0 fully saturated rings. The minimum Gasteiger partial charge on any atom is -0.139 e. The van der Waals surface area contributed by atoms with Crippen molar-refractivity contribution in [2.24, 2.45) is 0 Å². The van der Waals surface area contributed by atoms with Crippen LogP contribution in [0.3, 0.4) is 0 Å². The molecule has 0 aliphatic carbocycles. The monoisotopic (exact) mass is 406 g/mol. The molecule has 0 nitrogen and oxygen atoms in total. The molecule has 0 N–H and O–H groups in total. The molecule has 0 radical (unpaired) electrons. The van der Waals surface area contributed by atoms with Gasteiger partial charge < -0.3 is 0 Å². The zero-order valence-electron chi connectivity index (χ0n) is 11.7. The van der Waals surface area contributed by atoms with Crippen LogP contribution in [-0.4, -0.2) is 21.7 Å². The third-order valence-corrected chi connectivity index (χ3v) is 12.8. The fourth-order valence-electron chi connectivity index (χ4n) is 2.44. The fourth-order valence-corrected chi connectivity index (χ4v) is 12.2. The molecule has 112 valence electrons. The summed E-state index contributed by atoms with van der Waals surface area (Å²) in [5, 5.41) is 2.39. The molecule has 2 aromatic rings. The van der Waals surface area contributed by atoms with Crippen LogP contribution >= 0.6 is 81.5 Å². The molecule has 21 heavy (non-hydrogen) atoms. The summed E-state index contributed by atoms with van der Waals surface area (Å²) in [5.74, 6) is 2.52. The van der Waals surface area contributed by atoms with Crippen molar-refractivity contribution < 1.29 is 0 Å². The molecule has 2 aromatic heterocycles. The van der Waals surface area contributed by atoms with Gasteiger partial charge in [-0.15, -0.1) is 81.5 Å².